The Morgan fingerprint density at radius 3 is 2.71 bits per heavy atom. The second-order valence-electron chi connectivity index (χ2n) is 2.95. The zero-order valence-electron chi connectivity index (χ0n) is 8.05. The summed E-state index contributed by atoms with van der Waals surface area (Å²) < 4.78 is 0.958. The number of halogens is 2. The highest BCUT2D eigenvalue weighted by atomic mass is 127. The van der Waals surface area contributed by atoms with Crippen molar-refractivity contribution in [2.75, 3.05) is 13.6 Å². The topological polar surface area (TPSA) is 20.3 Å². The summed E-state index contributed by atoms with van der Waals surface area (Å²) >= 11 is 8.06. The van der Waals surface area contributed by atoms with Crippen LogP contribution in [-0.4, -0.2) is 24.4 Å². The first-order valence-corrected chi connectivity index (χ1v) is 5.72. The van der Waals surface area contributed by atoms with Gasteiger partial charge in [0.1, 0.15) is 0 Å². The first kappa shape index (κ1) is 11.8. The number of amides is 1. The van der Waals surface area contributed by atoms with Crippen LogP contribution < -0.4 is 0 Å². The fourth-order valence-corrected chi connectivity index (χ4v) is 1.51. The van der Waals surface area contributed by atoms with Crippen LogP contribution in [0.3, 0.4) is 0 Å². The molecule has 0 N–H and O–H groups in total. The maximum atomic E-state index is 11.7. The van der Waals surface area contributed by atoms with Crippen LogP contribution >= 0.6 is 34.2 Å². The molecule has 0 aliphatic heterocycles. The molecule has 0 heterocycles. The molecule has 1 rings (SSSR count). The third-order valence-electron chi connectivity index (χ3n) is 1.99. The lowest BCUT2D eigenvalue weighted by atomic mass is 10.2. The lowest BCUT2D eigenvalue weighted by Crippen LogP contribution is -2.26. The number of carbonyl (C=O) groups is 1. The fourth-order valence-electron chi connectivity index (χ4n) is 0.993. The number of nitrogens with zero attached hydrogens (tertiary/aromatic N) is 1. The second-order valence-corrected chi connectivity index (χ2v) is 4.52. The van der Waals surface area contributed by atoms with E-state index in [1.54, 1.807) is 24.1 Å². The van der Waals surface area contributed by atoms with Crippen molar-refractivity contribution in [3.8, 4) is 0 Å². The molecule has 0 spiro atoms. The van der Waals surface area contributed by atoms with Gasteiger partial charge in [0.25, 0.3) is 5.91 Å². The Morgan fingerprint density at radius 1 is 1.57 bits per heavy atom. The minimum atomic E-state index is 0.00537. The molecule has 1 aromatic carbocycles. The number of carbonyl (C=O) groups excluding carboxylic acids is 1. The summed E-state index contributed by atoms with van der Waals surface area (Å²) in [5, 5.41) is 0.626. The number of hydrogen-bond donors (Lipinski definition) is 0. The molecule has 4 heteroatoms. The summed E-state index contributed by atoms with van der Waals surface area (Å²) in [6.45, 7) is 2.63. The first-order valence-electron chi connectivity index (χ1n) is 4.26. The van der Waals surface area contributed by atoms with Gasteiger partial charge in [0, 0.05) is 22.7 Å². The van der Waals surface area contributed by atoms with E-state index in [-0.39, 0.29) is 5.91 Å². The third kappa shape index (κ3) is 2.60. The smallest absolute Gasteiger partial charge is 0.253 e. The molecule has 76 valence electrons. The van der Waals surface area contributed by atoms with Crippen molar-refractivity contribution in [3.63, 3.8) is 0 Å². The first-order chi connectivity index (χ1) is 6.56. The zero-order valence-corrected chi connectivity index (χ0v) is 11.0. The molecular formula is C10H11ClINO. The Bertz CT molecular complexity index is 354. The maximum absolute atomic E-state index is 11.7. The highest BCUT2D eigenvalue weighted by Gasteiger charge is 2.10. The molecule has 0 unspecified atom stereocenters. The molecule has 0 atom stereocenters. The average Bonchev–Trinajstić information content (AvgIpc) is 2.20. The summed E-state index contributed by atoms with van der Waals surface area (Å²) in [4.78, 5) is 13.4. The molecule has 0 saturated carbocycles. The van der Waals surface area contributed by atoms with E-state index in [9.17, 15) is 4.79 Å². The van der Waals surface area contributed by atoms with Crippen LogP contribution in [0.4, 0.5) is 0 Å². The lowest BCUT2D eigenvalue weighted by Gasteiger charge is -2.14. The Morgan fingerprint density at radius 2 is 2.21 bits per heavy atom. The van der Waals surface area contributed by atoms with Crippen LogP contribution in [0.2, 0.25) is 5.02 Å². The maximum Gasteiger partial charge on any atom is 0.253 e. The van der Waals surface area contributed by atoms with Crippen molar-refractivity contribution >= 4 is 40.1 Å². The molecule has 0 saturated heterocycles. The van der Waals surface area contributed by atoms with E-state index < -0.39 is 0 Å². The zero-order chi connectivity index (χ0) is 10.7. The summed E-state index contributed by atoms with van der Waals surface area (Å²) in [6.07, 6.45) is 0. The third-order valence-corrected chi connectivity index (χ3v) is 3.56. The summed E-state index contributed by atoms with van der Waals surface area (Å²) in [5.41, 5.74) is 0.639. The Balaban J connectivity index is 2.97. The van der Waals surface area contributed by atoms with E-state index in [4.69, 9.17) is 11.6 Å². The number of benzene rings is 1. The van der Waals surface area contributed by atoms with Crippen LogP contribution in [0.25, 0.3) is 0 Å². The minimum Gasteiger partial charge on any atom is -0.342 e. The van der Waals surface area contributed by atoms with Gasteiger partial charge in [0.05, 0.1) is 5.02 Å². The van der Waals surface area contributed by atoms with E-state index in [1.807, 2.05) is 13.0 Å². The molecule has 1 aromatic rings. The van der Waals surface area contributed by atoms with Gasteiger partial charge in [0.2, 0.25) is 0 Å². The highest BCUT2D eigenvalue weighted by Crippen LogP contribution is 2.20. The predicted octanol–water partition coefficient (Wildman–Crippen LogP) is 3.04. The van der Waals surface area contributed by atoms with Crippen molar-refractivity contribution in [1.82, 2.24) is 4.90 Å². The van der Waals surface area contributed by atoms with Gasteiger partial charge in [-0.2, -0.15) is 0 Å². The molecule has 14 heavy (non-hydrogen) atoms. The predicted molar refractivity (Wildman–Crippen MR) is 66.8 cm³/mol. The van der Waals surface area contributed by atoms with E-state index in [0.717, 1.165) is 3.57 Å². The largest absolute Gasteiger partial charge is 0.342 e. The van der Waals surface area contributed by atoms with E-state index in [2.05, 4.69) is 22.6 Å². The molecule has 0 bridgehead atoms. The van der Waals surface area contributed by atoms with E-state index in [0.29, 0.717) is 17.1 Å². The van der Waals surface area contributed by atoms with Crippen LogP contribution in [0.15, 0.2) is 18.2 Å². The normalized spacial score (nSPS) is 10.0. The van der Waals surface area contributed by atoms with Gasteiger partial charge in [-0.3, -0.25) is 4.79 Å². The van der Waals surface area contributed by atoms with Gasteiger partial charge in [-0.05, 0) is 47.7 Å². The van der Waals surface area contributed by atoms with Gasteiger partial charge in [0.15, 0.2) is 0 Å². The molecule has 1 amide bonds. The molecule has 0 aliphatic carbocycles. The molecule has 0 aliphatic rings. The molecule has 2 nitrogen and oxygen atoms in total. The van der Waals surface area contributed by atoms with Crippen molar-refractivity contribution in [1.29, 1.82) is 0 Å². The summed E-state index contributed by atoms with van der Waals surface area (Å²) in [7, 11) is 1.77. The SMILES string of the molecule is CCN(C)C(=O)c1ccc(I)c(Cl)c1. The van der Waals surface area contributed by atoms with Crippen LogP contribution in [0.5, 0.6) is 0 Å². The van der Waals surface area contributed by atoms with Crippen molar-refractivity contribution in [2.45, 2.75) is 6.92 Å². The number of hydrogen-bond acceptors (Lipinski definition) is 1. The Labute approximate surface area is 102 Å². The lowest BCUT2D eigenvalue weighted by molar-refractivity contribution is 0.0802. The van der Waals surface area contributed by atoms with E-state index in [1.165, 1.54) is 0 Å². The van der Waals surface area contributed by atoms with Crippen LogP contribution in [0, 0.1) is 3.57 Å². The van der Waals surface area contributed by atoms with Gasteiger partial charge < -0.3 is 4.90 Å². The van der Waals surface area contributed by atoms with Gasteiger partial charge in [-0.15, -0.1) is 0 Å². The summed E-state index contributed by atoms with van der Waals surface area (Å²) in [5.74, 6) is 0.00537. The Hall–Kier alpha value is -0.290. The fraction of sp³-hybridized carbons (Fsp3) is 0.300. The van der Waals surface area contributed by atoms with Crippen molar-refractivity contribution < 1.29 is 4.79 Å². The monoisotopic (exact) mass is 323 g/mol. The minimum absolute atomic E-state index is 0.00537. The average molecular weight is 324 g/mol. The molecule has 0 radical (unpaired) electrons. The molecule has 0 fully saturated rings. The standard InChI is InChI=1S/C10H11ClINO/c1-3-13(2)10(14)7-4-5-9(12)8(11)6-7/h4-6H,3H2,1-2H3. The highest BCUT2D eigenvalue weighted by molar-refractivity contribution is 14.1. The van der Waals surface area contributed by atoms with Gasteiger partial charge in [-0.25, -0.2) is 0 Å². The van der Waals surface area contributed by atoms with Crippen molar-refractivity contribution in [3.05, 3.63) is 32.4 Å². The second kappa shape index (κ2) is 4.98. The quantitative estimate of drug-likeness (QED) is 0.766. The Kier molecular flexibility index (Phi) is 4.19. The summed E-state index contributed by atoms with van der Waals surface area (Å²) in [6, 6.07) is 5.35. The van der Waals surface area contributed by atoms with Gasteiger partial charge in [-0.1, -0.05) is 11.6 Å². The van der Waals surface area contributed by atoms with Crippen LogP contribution in [0.1, 0.15) is 17.3 Å². The number of rotatable bonds is 2. The van der Waals surface area contributed by atoms with E-state index >= 15 is 0 Å². The van der Waals surface area contributed by atoms with Crippen LogP contribution in [-0.2, 0) is 0 Å². The van der Waals surface area contributed by atoms with Gasteiger partial charge >= 0.3 is 0 Å². The molecular weight excluding hydrogens is 312 g/mol. The van der Waals surface area contributed by atoms with Crippen molar-refractivity contribution in [2.24, 2.45) is 0 Å². The molecule has 0 aromatic heterocycles.